The summed E-state index contributed by atoms with van der Waals surface area (Å²) in [6, 6.07) is 8.67. The molecule has 2 aromatic rings. The summed E-state index contributed by atoms with van der Waals surface area (Å²) in [6.45, 7) is 4.35. The van der Waals surface area contributed by atoms with Crippen LogP contribution in [0.15, 0.2) is 36.7 Å². The van der Waals surface area contributed by atoms with Crippen molar-refractivity contribution in [2.24, 2.45) is 5.92 Å². The maximum Gasteiger partial charge on any atom is 0.0465 e. The molecule has 1 unspecified atom stereocenters. The quantitative estimate of drug-likeness (QED) is 0.840. The Hall–Kier alpha value is -1.45. The van der Waals surface area contributed by atoms with Crippen LogP contribution in [-0.2, 0) is 11.3 Å². The molecule has 21 heavy (non-hydrogen) atoms. The number of fused-ring (bicyclic) bond motifs is 1. The van der Waals surface area contributed by atoms with Crippen molar-refractivity contribution in [3.05, 3.63) is 42.2 Å². The molecule has 0 aliphatic carbocycles. The molecule has 112 valence electrons. The Morgan fingerprint density at radius 3 is 3.19 bits per heavy atom. The Morgan fingerprint density at radius 2 is 2.29 bits per heavy atom. The maximum absolute atomic E-state index is 5.23. The Balaban J connectivity index is 1.70. The predicted octanol–water partition coefficient (Wildman–Crippen LogP) is 3.48. The van der Waals surface area contributed by atoms with Crippen LogP contribution >= 0.6 is 0 Å². The molecule has 3 heteroatoms. The van der Waals surface area contributed by atoms with Crippen molar-refractivity contribution in [1.82, 2.24) is 9.88 Å². The number of likely N-dealkylation sites (tertiary alicyclic amines) is 1. The van der Waals surface area contributed by atoms with Gasteiger partial charge in [-0.05, 0) is 48.7 Å². The van der Waals surface area contributed by atoms with Crippen LogP contribution in [0.25, 0.3) is 10.8 Å². The van der Waals surface area contributed by atoms with Crippen molar-refractivity contribution >= 4 is 10.8 Å². The highest BCUT2D eigenvalue weighted by atomic mass is 16.5. The van der Waals surface area contributed by atoms with E-state index in [0.29, 0.717) is 0 Å². The zero-order valence-electron chi connectivity index (χ0n) is 12.8. The van der Waals surface area contributed by atoms with Gasteiger partial charge in [0, 0.05) is 44.6 Å². The number of pyridine rings is 1. The number of rotatable bonds is 5. The minimum Gasteiger partial charge on any atom is -0.385 e. The van der Waals surface area contributed by atoms with Gasteiger partial charge in [-0.3, -0.25) is 9.88 Å². The Morgan fingerprint density at radius 1 is 1.33 bits per heavy atom. The summed E-state index contributed by atoms with van der Waals surface area (Å²) < 4.78 is 5.23. The van der Waals surface area contributed by atoms with E-state index in [1.54, 1.807) is 7.11 Å². The molecule has 1 aromatic heterocycles. The molecule has 0 spiro atoms. The molecule has 0 N–H and O–H groups in total. The van der Waals surface area contributed by atoms with E-state index < -0.39 is 0 Å². The number of hydrogen-bond donors (Lipinski definition) is 0. The van der Waals surface area contributed by atoms with Gasteiger partial charge in [0.1, 0.15) is 0 Å². The molecule has 3 rings (SSSR count). The van der Waals surface area contributed by atoms with Crippen LogP contribution in [-0.4, -0.2) is 36.7 Å². The monoisotopic (exact) mass is 284 g/mol. The lowest BCUT2D eigenvalue weighted by molar-refractivity contribution is 0.123. The first kappa shape index (κ1) is 14.5. The van der Waals surface area contributed by atoms with Crippen LogP contribution in [0.2, 0.25) is 0 Å². The van der Waals surface area contributed by atoms with Gasteiger partial charge in [-0.1, -0.05) is 18.2 Å². The minimum atomic E-state index is 0.787. The summed E-state index contributed by atoms with van der Waals surface area (Å²) in [5, 5.41) is 2.58. The molecule has 1 aliphatic heterocycles. The lowest BCUT2D eigenvalue weighted by atomic mass is 9.94. The highest BCUT2D eigenvalue weighted by Crippen LogP contribution is 2.24. The highest BCUT2D eigenvalue weighted by Gasteiger charge is 2.20. The average molecular weight is 284 g/mol. The first-order valence-corrected chi connectivity index (χ1v) is 7.90. The SMILES string of the molecule is COCCC1CCCN(Cc2cccc3cnccc23)C1. The van der Waals surface area contributed by atoms with Crippen molar-refractivity contribution in [2.45, 2.75) is 25.8 Å². The fraction of sp³-hybridized carbons (Fsp3) is 0.500. The fourth-order valence-electron chi connectivity index (χ4n) is 3.38. The number of benzene rings is 1. The van der Waals surface area contributed by atoms with E-state index in [4.69, 9.17) is 4.74 Å². The van der Waals surface area contributed by atoms with Crippen LogP contribution in [0.4, 0.5) is 0 Å². The summed E-state index contributed by atoms with van der Waals surface area (Å²) in [5.41, 5.74) is 1.42. The van der Waals surface area contributed by atoms with E-state index in [2.05, 4.69) is 34.1 Å². The van der Waals surface area contributed by atoms with Gasteiger partial charge in [-0.15, -0.1) is 0 Å². The largest absolute Gasteiger partial charge is 0.385 e. The van der Waals surface area contributed by atoms with Crippen LogP contribution in [0.3, 0.4) is 0 Å². The Bertz CT molecular complexity index is 579. The van der Waals surface area contributed by atoms with Gasteiger partial charge < -0.3 is 4.74 Å². The van der Waals surface area contributed by atoms with Gasteiger partial charge in [-0.25, -0.2) is 0 Å². The molecule has 1 aromatic carbocycles. The van der Waals surface area contributed by atoms with Crippen molar-refractivity contribution < 1.29 is 4.74 Å². The standard InChI is InChI=1S/C18H24N2O/c1-21-11-8-15-4-3-10-20(13-15)14-17-6-2-5-16-12-19-9-7-18(16)17/h2,5-7,9,12,15H,3-4,8,10-11,13-14H2,1H3. The second kappa shape index (κ2) is 7.01. The van der Waals surface area contributed by atoms with Crippen LogP contribution in [0.5, 0.6) is 0 Å². The number of ether oxygens (including phenoxy) is 1. The normalized spacial score (nSPS) is 20.0. The first-order valence-electron chi connectivity index (χ1n) is 7.90. The molecule has 1 fully saturated rings. The Kier molecular flexibility index (Phi) is 4.84. The van der Waals surface area contributed by atoms with Gasteiger partial charge in [0.25, 0.3) is 0 Å². The number of nitrogens with zero attached hydrogens (tertiary/aromatic N) is 2. The second-order valence-corrected chi connectivity index (χ2v) is 6.04. The molecule has 3 nitrogen and oxygen atoms in total. The summed E-state index contributed by atoms with van der Waals surface area (Å²) in [7, 11) is 1.80. The van der Waals surface area contributed by atoms with Crippen molar-refractivity contribution in [3.63, 3.8) is 0 Å². The van der Waals surface area contributed by atoms with Crippen molar-refractivity contribution in [2.75, 3.05) is 26.8 Å². The van der Waals surface area contributed by atoms with Crippen molar-refractivity contribution in [3.8, 4) is 0 Å². The topological polar surface area (TPSA) is 25.4 Å². The lowest BCUT2D eigenvalue weighted by Crippen LogP contribution is -2.35. The molecule has 2 heterocycles. The predicted molar refractivity (Wildman–Crippen MR) is 86.2 cm³/mol. The summed E-state index contributed by atoms with van der Waals surface area (Å²) >= 11 is 0. The van der Waals surface area contributed by atoms with Gasteiger partial charge in [0.2, 0.25) is 0 Å². The summed E-state index contributed by atoms with van der Waals surface area (Å²) in [5.74, 6) is 0.787. The van der Waals surface area contributed by atoms with E-state index in [1.165, 1.54) is 48.7 Å². The van der Waals surface area contributed by atoms with Crippen LogP contribution in [0.1, 0.15) is 24.8 Å². The molecular weight excluding hydrogens is 260 g/mol. The van der Waals surface area contributed by atoms with Gasteiger partial charge in [0.05, 0.1) is 0 Å². The molecular formula is C18H24N2O. The van der Waals surface area contributed by atoms with Gasteiger partial charge in [0.15, 0.2) is 0 Å². The highest BCUT2D eigenvalue weighted by molar-refractivity contribution is 5.84. The summed E-state index contributed by atoms with van der Waals surface area (Å²) in [6.07, 6.45) is 7.69. The third kappa shape index (κ3) is 3.60. The number of aromatic nitrogens is 1. The summed E-state index contributed by atoms with van der Waals surface area (Å²) in [4.78, 5) is 6.82. The minimum absolute atomic E-state index is 0.787. The van der Waals surface area contributed by atoms with E-state index >= 15 is 0 Å². The van der Waals surface area contributed by atoms with Crippen LogP contribution in [0, 0.1) is 5.92 Å². The zero-order chi connectivity index (χ0) is 14.5. The van der Waals surface area contributed by atoms with E-state index in [1.807, 2.05) is 12.4 Å². The van der Waals surface area contributed by atoms with Crippen LogP contribution < -0.4 is 0 Å². The van der Waals surface area contributed by atoms with Gasteiger partial charge in [-0.2, -0.15) is 0 Å². The maximum atomic E-state index is 5.23. The third-order valence-corrected chi connectivity index (χ3v) is 4.50. The molecule has 0 saturated carbocycles. The second-order valence-electron chi connectivity index (χ2n) is 6.04. The molecule has 1 saturated heterocycles. The molecule has 1 atom stereocenters. The lowest BCUT2D eigenvalue weighted by Gasteiger charge is -2.33. The first-order chi connectivity index (χ1) is 10.4. The fourth-order valence-corrected chi connectivity index (χ4v) is 3.38. The molecule has 1 aliphatic rings. The zero-order valence-corrected chi connectivity index (χ0v) is 12.8. The number of hydrogen-bond acceptors (Lipinski definition) is 3. The van der Waals surface area contributed by atoms with E-state index in [9.17, 15) is 0 Å². The number of methoxy groups -OCH3 is 1. The molecule has 0 radical (unpaired) electrons. The van der Waals surface area contributed by atoms with Crippen molar-refractivity contribution in [1.29, 1.82) is 0 Å². The molecule has 0 bridgehead atoms. The van der Waals surface area contributed by atoms with E-state index in [-0.39, 0.29) is 0 Å². The third-order valence-electron chi connectivity index (χ3n) is 4.50. The number of piperidine rings is 1. The van der Waals surface area contributed by atoms with E-state index in [0.717, 1.165) is 19.1 Å². The average Bonchev–Trinajstić information content (AvgIpc) is 2.54. The Labute approximate surface area is 126 Å². The molecule has 0 amide bonds. The van der Waals surface area contributed by atoms with Gasteiger partial charge >= 0.3 is 0 Å². The smallest absolute Gasteiger partial charge is 0.0465 e.